The fourth-order valence-electron chi connectivity index (χ4n) is 10.3. The van der Waals surface area contributed by atoms with Crippen LogP contribution in [0.4, 0.5) is 0 Å². The molecule has 0 amide bonds. The number of nitrogens with one attached hydrogen (secondary N) is 1. The molecular formula is C59H103N3O18. The van der Waals surface area contributed by atoms with Gasteiger partial charge in [-0.25, -0.2) is 0 Å². The lowest BCUT2D eigenvalue weighted by atomic mass is 9.83. The van der Waals surface area contributed by atoms with E-state index in [0.29, 0.717) is 5.96 Å². The van der Waals surface area contributed by atoms with Crippen molar-refractivity contribution in [1.82, 2.24) is 5.32 Å². The number of fused-ring (bicyclic) bond motifs is 2. The minimum atomic E-state index is -2.54. The predicted molar refractivity (Wildman–Crippen MR) is 302 cm³/mol. The molecule has 0 saturated carbocycles. The van der Waals surface area contributed by atoms with Crippen LogP contribution in [0.15, 0.2) is 53.6 Å². The Labute approximate surface area is 474 Å². The van der Waals surface area contributed by atoms with Crippen LogP contribution in [0.5, 0.6) is 0 Å². The van der Waals surface area contributed by atoms with Crippen LogP contribution in [0.3, 0.4) is 0 Å². The molecule has 2 heterocycles. The highest BCUT2D eigenvalue weighted by atomic mass is 16.7. The number of carbonyl (C=O) groups is 3. The molecule has 15 N–H and O–H groups in total. The number of esters is 2. The Morgan fingerprint density at radius 1 is 0.762 bits per heavy atom. The highest BCUT2D eigenvalue weighted by Crippen LogP contribution is 2.36. The van der Waals surface area contributed by atoms with Gasteiger partial charge in [-0.2, -0.15) is 0 Å². The van der Waals surface area contributed by atoms with E-state index in [1.807, 2.05) is 19.9 Å². The topological polar surface area (TPSA) is 372 Å². The number of carbonyl (C=O) groups excluding carboxylic acids is 2. The third kappa shape index (κ3) is 26.2. The lowest BCUT2D eigenvalue weighted by molar-refractivity contribution is -0.333. The molecule has 0 radical (unpaired) electrons. The molecule has 0 aromatic heterocycles. The molecule has 0 aromatic rings. The third-order valence-electron chi connectivity index (χ3n) is 16.2. The van der Waals surface area contributed by atoms with Gasteiger partial charge in [0.15, 0.2) is 11.7 Å². The van der Waals surface area contributed by atoms with Gasteiger partial charge in [0.2, 0.25) is 0 Å². The van der Waals surface area contributed by atoms with Crippen molar-refractivity contribution >= 4 is 23.9 Å². The van der Waals surface area contributed by atoms with Crippen LogP contribution < -0.4 is 11.1 Å². The summed E-state index contributed by atoms with van der Waals surface area (Å²) in [4.78, 5) is 41.7. The van der Waals surface area contributed by atoms with Crippen molar-refractivity contribution in [2.45, 2.75) is 237 Å². The second-order valence-corrected chi connectivity index (χ2v) is 23.4. The van der Waals surface area contributed by atoms with Crippen molar-refractivity contribution in [2.24, 2.45) is 58.1 Å². The molecule has 2 aliphatic rings. The fourth-order valence-corrected chi connectivity index (χ4v) is 10.3. The van der Waals surface area contributed by atoms with Crippen molar-refractivity contribution < 1.29 is 89.9 Å². The monoisotopic (exact) mass is 1140 g/mol. The maximum Gasteiger partial charge on any atom is 0.317 e. The quantitative estimate of drug-likeness (QED) is 0.0296. The first-order valence-electron chi connectivity index (χ1n) is 29.0. The van der Waals surface area contributed by atoms with Crippen molar-refractivity contribution in [3.63, 3.8) is 0 Å². The first-order valence-corrected chi connectivity index (χ1v) is 29.0. The van der Waals surface area contributed by atoms with E-state index in [1.54, 1.807) is 59.9 Å². The summed E-state index contributed by atoms with van der Waals surface area (Å²) < 4.78 is 17.5. The van der Waals surface area contributed by atoms with Crippen LogP contribution in [0.1, 0.15) is 152 Å². The van der Waals surface area contributed by atoms with E-state index in [-0.39, 0.29) is 62.7 Å². The Morgan fingerprint density at radius 3 is 2.05 bits per heavy atom. The summed E-state index contributed by atoms with van der Waals surface area (Å²) in [5.41, 5.74) is 5.68. The first kappa shape index (κ1) is 72.3. The molecule has 80 heavy (non-hydrogen) atoms. The second-order valence-electron chi connectivity index (χ2n) is 23.4. The van der Waals surface area contributed by atoms with E-state index < -0.39 is 145 Å². The van der Waals surface area contributed by atoms with E-state index in [4.69, 9.17) is 19.9 Å². The number of rotatable bonds is 14. The number of aliphatic imine (C=N–C) groups is 1. The average molecular weight is 1140 g/mol. The van der Waals surface area contributed by atoms with E-state index in [0.717, 1.165) is 45.1 Å². The number of nitrogens with zero attached hydrogens (tertiary/aromatic N) is 1. The summed E-state index contributed by atoms with van der Waals surface area (Å²) in [7, 11) is 1.63. The van der Waals surface area contributed by atoms with Crippen molar-refractivity contribution in [2.75, 3.05) is 13.6 Å². The molecular weight excluding hydrogens is 1040 g/mol. The van der Waals surface area contributed by atoms with Gasteiger partial charge in [-0.15, -0.1) is 0 Å². The molecule has 0 aromatic carbocycles. The van der Waals surface area contributed by atoms with Gasteiger partial charge in [-0.05, 0) is 76.0 Å². The van der Waals surface area contributed by atoms with Gasteiger partial charge in [0.25, 0.3) is 0 Å². The number of cyclic esters (lactones) is 1. The van der Waals surface area contributed by atoms with Gasteiger partial charge < -0.3 is 86.5 Å². The number of allylic oxidation sites excluding steroid dienone is 4. The second kappa shape index (κ2) is 36.7. The largest absolute Gasteiger partial charge is 0.481 e. The number of aliphatic carboxylic acids is 1. The number of aliphatic hydroxyl groups is 11. The maximum atomic E-state index is 13.8. The van der Waals surface area contributed by atoms with Crippen LogP contribution in [0.25, 0.3) is 0 Å². The smallest absolute Gasteiger partial charge is 0.317 e. The summed E-state index contributed by atoms with van der Waals surface area (Å²) in [5, 5.41) is 135. The lowest BCUT2D eigenvalue weighted by Crippen LogP contribution is -2.60. The average Bonchev–Trinajstić information content (AvgIpc) is 3.38. The molecule has 2 rings (SSSR count). The summed E-state index contributed by atoms with van der Waals surface area (Å²) >= 11 is 0. The minimum Gasteiger partial charge on any atom is -0.481 e. The molecule has 0 aliphatic carbocycles. The van der Waals surface area contributed by atoms with Gasteiger partial charge in [-0.1, -0.05) is 103 Å². The standard InChI is InChI=1S/C59H103N3O18/c1-34(18-14-12-10-11-13-17-25-62-58(60)61-9)26-38(5)55-37(4)19-15-16-20-45(64)39(6)49(68)28-42(63)27-43(78-54(74)32-53(72)73)29-44-30-51(70)56(75)59(77,80-44)33-52(71)36(3)22-23-46(65)40(7)50(69)31-48(67)35(2)21-24-47(66)41(8)57(76)79-55/h10-11,15-16,19-21,24,34-52,55-56,63-71,75,77H,12-14,17-18,22-23,25-33H2,1-9H3,(H,72,73)(H3,60,61,62)/b11-10+,19-15+,20-16+,24-21+/t34-,35?,36?,37?,38-,39?,40?,41?,42?,43?,44?,45?,46?,47?,48?,49?,50?,51?,52?,55-,56?,59?/m0/s1. The van der Waals surface area contributed by atoms with Gasteiger partial charge in [0, 0.05) is 69.4 Å². The van der Waals surface area contributed by atoms with Crippen molar-refractivity contribution in [3.8, 4) is 0 Å². The Balaban J connectivity index is 2.43. The Hall–Kier alpha value is -3.84. The molecule has 0 spiro atoms. The summed E-state index contributed by atoms with van der Waals surface area (Å²) in [5.74, 6) is -9.43. The number of nitrogens with two attached hydrogens (primary N) is 1. The van der Waals surface area contributed by atoms with Gasteiger partial charge in [-0.3, -0.25) is 19.4 Å². The zero-order chi connectivity index (χ0) is 60.4. The molecule has 21 heteroatoms. The number of hydrogen-bond donors (Lipinski definition) is 14. The number of carboxylic acids is 1. The highest BCUT2D eigenvalue weighted by molar-refractivity contribution is 5.90. The summed E-state index contributed by atoms with van der Waals surface area (Å²) in [6.07, 6.45) is -0.165. The Bertz CT molecular complexity index is 1960. The minimum absolute atomic E-state index is 0.0716. The Morgan fingerprint density at radius 2 is 1.40 bits per heavy atom. The molecule has 2 aliphatic heterocycles. The van der Waals surface area contributed by atoms with Gasteiger partial charge >= 0.3 is 17.9 Å². The zero-order valence-corrected chi connectivity index (χ0v) is 48.9. The number of unbranched alkanes of at least 4 members (excludes halogenated alkanes) is 2. The normalized spacial score (nSPS) is 38.9. The van der Waals surface area contributed by atoms with Crippen molar-refractivity contribution in [3.05, 3.63) is 48.6 Å². The lowest BCUT2D eigenvalue weighted by Gasteiger charge is -2.45. The Kier molecular flexibility index (Phi) is 33.1. The molecule has 462 valence electrons. The fraction of sp³-hybridized carbons (Fsp3) is 0.797. The van der Waals surface area contributed by atoms with Crippen LogP contribution in [0.2, 0.25) is 0 Å². The van der Waals surface area contributed by atoms with Crippen molar-refractivity contribution in [1.29, 1.82) is 0 Å². The number of carboxylic acid groups (broad SMARTS) is 1. The van der Waals surface area contributed by atoms with E-state index in [9.17, 15) is 75.7 Å². The van der Waals surface area contributed by atoms with Crippen LogP contribution in [0, 0.1) is 47.3 Å². The summed E-state index contributed by atoms with van der Waals surface area (Å²) in [6.45, 7) is 14.8. The third-order valence-corrected chi connectivity index (χ3v) is 16.2. The molecule has 1 saturated heterocycles. The number of hydrogen-bond acceptors (Lipinski definition) is 18. The molecule has 22 atom stereocenters. The molecule has 2 bridgehead atoms. The van der Waals surface area contributed by atoms with Crippen LogP contribution in [-0.4, -0.2) is 184 Å². The SMILES string of the molecule is CN=C(N)NCCC/C=C/CCC[C@H](C)C[C@H](C)[C@H]1OC(=O)C(C)C(O)/C=C/C(C)C(O)CC(O)C(C)C(O)CCC(C)C(O)CC2(O)OC(CC(OC(=O)CC(=O)O)CC(O)CC(O)C(C)C(O)/C=C/C=C/C1C)CC(O)C2O. The van der Waals surface area contributed by atoms with Crippen LogP contribution in [-0.2, 0) is 28.6 Å². The van der Waals surface area contributed by atoms with Gasteiger partial charge in [0.1, 0.15) is 24.7 Å². The number of ether oxygens (including phenoxy) is 3. The summed E-state index contributed by atoms with van der Waals surface area (Å²) in [6, 6.07) is 0. The van der Waals surface area contributed by atoms with E-state index in [1.165, 1.54) is 12.2 Å². The van der Waals surface area contributed by atoms with Gasteiger partial charge in [0.05, 0.1) is 67.0 Å². The maximum absolute atomic E-state index is 13.8. The predicted octanol–water partition coefficient (Wildman–Crippen LogP) is 3.30. The number of aliphatic hydroxyl groups excluding tert-OH is 10. The zero-order valence-electron chi connectivity index (χ0n) is 48.9. The molecule has 21 nitrogen and oxygen atoms in total. The number of guanidine groups is 1. The molecule has 19 unspecified atom stereocenters. The first-order chi connectivity index (χ1) is 37.5. The highest BCUT2D eigenvalue weighted by Gasteiger charge is 2.50. The van der Waals surface area contributed by atoms with Crippen LogP contribution >= 0.6 is 0 Å². The van der Waals surface area contributed by atoms with E-state index >= 15 is 0 Å². The van der Waals surface area contributed by atoms with E-state index in [2.05, 4.69) is 29.4 Å². The molecule has 1 fully saturated rings.